The highest BCUT2D eigenvalue weighted by molar-refractivity contribution is 7.92. The minimum atomic E-state index is -3.79. The van der Waals surface area contributed by atoms with Crippen molar-refractivity contribution in [3.63, 3.8) is 0 Å². The summed E-state index contributed by atoms with van der Waals surface area (Å²) in [4.78, 5) is 4.23. The number of halogens is 2. The van der Waals surface area contributed by atoms with Crippen molar-refractivity contribution in [1.29, 1.82) is 0 Å². The van der Waals surface area contributed by atoms with Crippen LogP contribution in [0, 0.1) is 5.82 Å². The Morgan fingerprint density at radius 1 is 1.09 bits per heavy atom. The summed E-state index contributed by atoms with van der Waals surface area (Å²) in [6, 6.07) is 11.7. The molecule has 0 radical (unpaired) electrons. The average molecular weight is 337 g/mol. The molecule has 0 bridgehead atoms. The van der Waals surface area contributed by atoms with Crippen LogP contribution in [0.25, 0.3) is 10.9 Å². The number of aromatic nitrogens is 1. The van der Waals surface area contributed by atoms with Crippen LogP contribution in [-0.4, -0.2) is 13.4 Å². The van der Waals surface area contributed by atoms with Crippen LogP contribution < -0.4 is 4.72 Å². The zero-order valence-electron chi connectivity index (χ0n) is 11.1. The van der Waals surface area contributed by atoms with Crippen LogP contribution in [0.5, 0.6) is 0 Å². The normalized spacial score (nSPS) is 11.5. The highest BCUT2D eigenvalue weighted by Gasteiger charge is 2.15. The van der Waals surface area contributed by atoms with E-state index in [1.54, 1.807) is 24.4 Å². The van der Waals surface area contributed by atoms with Crippen molar-refractivity contribution in [2.75, 3.05) is 4.72 Å². The van der Waals surface area contributed by atoms with Crippen molar-refractivity contribution in [1.82, 2.24) is 4.98 Å². The molecule has 0 amide bonds. The number of anilines is 1. The Morgan fingerprint density at radius 3 is 2.68 bits per heavy atom. The fourth-order valence-corrected chi connectivity index (χ4v) is 3.26. The molecule has 2 aromatic carbocycles. The van der Waals surface area contributed by atoms with Gasteiger partial charge in [0.2, 0.25) is 0 Å². The van der Waals surface area contributed by atoms with Gasteiger partial charge in [-0.15, -0.1) is 0 Å². The van der Waals surface area contributed by atoms with Crippen molar-refractivity contribution in [3.8, 4) is 0 Å². The molecule has 0 spiro atoms. The van der Waals surface area contributed by atoms with Gasteiger partial charge in [-0.1, -0.05) is 17.7 Å². The first-order chi connectivity index (χ1) is 10.5. The van der Waals surface area contributed by atoms with E-state index in [2.05, 4.69) is 9.71 Å². The molecule has 0 saturated carbocycles. The summed E-state index contributed by atoms with van der Waals surface area (Å²) >= 11 is 5.65. The largest absolute Gasteiger partial charge is 0.280 e. The average Bonchev–Trinajstić information content (AvgIpc) is 2.50. The molecule has 0 aliphatic rings. The molecule has 0 aliphatic heterocycles. The molecule has 0 atom stereocenters. The molecule has 0 fully saturated rings. The molecule has 1 N–H and O–H groups in total. The summed E-state index contributed by atoms with van der Waals surface area (Å²) in [5.41, 5.74) is 0.893. The summed E-state index contributed by atoms with van der Waals surface area (Å²) < 4.78 is 40.2. The van der Waals surface area contributed by atoms with Crippen LogP contribution >= 0.6 is 11.6 Å². The van der Waals surface area contributed by atoms with Gasteiger partial charge < -0.3 is 0 Å². The zero-order chi connectivity index (χ0) is 15.7. The molecule has 0 saturated heterocycles. The van der Waals surface area contributed by atoms with Crippen molar-refractivity contribution in [2.45, 2.75) is 4.90 Å². The Kier molecular flexibility index (Phi) is 3.72. The molecule has 1 heterocycles. The van der Waals surface area contributed by atoms with E-state index in [9.17, 15) is 12.8 Å². The van der Waals surface area contributed by atoms with E-state index in [0.717, 1.165) is 6.07 Å². The van der Waals surface area contributed by atoms with Gasteiger partial charge >= 0.3 is 0 Å². The van der Waals surface area contributed by atoms with Crippen LogP contribution in [-0.2, 0) is 10.0 Å². The van der Waals surface area contributed by atoms with Gasteiger partial charge in [-0.2, -0.15) is 0 Å². The van der Waals surface area contributed by atoms with Crippen LogP contribution in [0.15, 0.2) is 59.6 Å². The Balaban J connectivity index is 1.98. The number of benzene rings is 2. The molecule has 7 heteroatoms. The number of hydrogen-bond acceptors (Lipinski definition) is 3. The third-order valence-corrected chi connectivity index (χ3v) is 4.73. The molecular formula is C15H10ClFN2O2S. The Bertz CT molecular complexity index is 961. The van der Waals surface area contributed by atoms with Gasteiger partial charge in [0.25, 0.3) is 10.0 Å². The Hall–Kier alpha value is -2.18. The first-order valence-corrected chi connectivity index (χ1v) is 8.14. The lowest BCUT2D eigenvalue weighted by molar-refractivity contribution is 0.601. The van der Waals surface area contributed by atoms with Crippen molar-refractivity contribution in [2.24, 2.45) is 0 Å². The molecule has 22 heavy (non-hydrogen) atoms. The second-order valence-corrected chi connectivity index (χ2v) is 6.68. The molecule has 112 valence electrons. The lowest BCUT2D eigenvalue weighted by Gasteiger charge is -2.09. The summed E-state index contributed by atoms with van der Waals surface area (Å²) in [7, 11) is -3.79. The summed E-state index contributed by atoms with van der Waals surface area (Å²) in [6.45, 7) is 0. The van der Waals surface area contributed by atoms with Gasteiger partial charge in [0, 0.05) is 11.6 Å². The highest BCUT2D eigenvalue weighted by atomic mass is 35.5. The minimum Gasteiger partial charge on any atom is -0.280 e. The van der Waals surface area contributed by atoms with Crippen LogP contribution in [0.1, 0.15) is 0 Å². The monoisotopic (exact) mass is 336 g/mol. The topological polar surface area (TPSA) is 59.1 Å². The second-order valence-electron chi connectivity index (χ2n) is 4.59. The van der Waals surface area contributed by atoms with Gasteiger partial charge in [0.15, 0.2) is 0 Å². The first kappa shape index (κ1) is 14.7. The van der Waals surface area contributed by atoms with Crippen LogP contribution in [0.3, 0.4) is 0 Å². The standard InChI is InChI=1S/C15H10ClFN2O2S/c16-13-9-11(3-5-14(13)17)19-22(20,21)12-4-6-15-10(8-12)2-1-7-18-15/h1-9,19H. The Labute approximate surface area is 131 Å². The van der Waals surface area contributed by atoms with Gasteiger partial charge in [-0.3, -0.25) is 9.71 Å². The number of nitrogens with one attached hydrogen (secondary N) is 1. The van der Waals surface area contributed by atoms with E-state index in [0.29, 0.717) is 10.9 Å². The zero-order valence-corrected chi connectivity index (χ0v) is 12.7. The van der Waals surface area contributed by atoms with E-state index < -0.39 is 15.8 Å². The molecule has 3 rings (SSSR count). The number of fused-ring (bicyclic) bond motifs is 1. The molecule has 3 aromatic rings. The predicted molar refractivity (Wildman–Crippen MR) is 84.0 cm³/mol. The minimum absolute atomic E-state index is 0.0912. The third kappa shape index (κ3) is 2.88. The number of hydrogen-bond donors (Lipinski definition) is 1. The number of rotatable bonds is 3. The summed E-state index contributed by atoms with van der Waals surface area (Å²) in [6.07, 6.45) is 1.63. The van der Waals surface area contributed by atoms with E-state index >= 15 is 0 Å². The highest BCUT2D eigenvalue weighted by Crippen LogP contribution is 2.23. The molecular weight excluding hydrogens is 327 g/mol. The third-order valence-electron chi connectivity index (χ3n) is 3.06. The van der Waals surface area contributed by atoms with E-state index in [-0.39, 0.29) is 15.6 Å². The lowest BCUT2D eigenvalue weighted by Crippen LogP contribution is -2.13. The van der Waals surface area contributed by atoms with Gasteiger partial charge in [-0.05, 0) is 42.5 Å². The maximum atomic E-state index is 13.1. The quantitative estimate of drug-likeness (QED) is 0.790. The van der Waals surface area contributed by atoms with Gasteiger partial charge in [0.1, 0.15) is 5.82 Å². The number of pyridine rings is 1. The predicted octanol–water partition coefficient (Wildman–Crippen LogP) is 3.83. The molecule has 0 unspecified atom stereocenters. The van der Waals surface area contributed by atoms with E-state index in [4.69, 9.17) is 11.6 Å². The summed E-state index contributed by atoms with van der Waals surface area (Å²) in [5.74, 6) is -0.610. The van der Waals surface area contributed by atoms with E-state index in [1.165, 1.54) is 24.3 Å². The maximum absolute atomic E-state index is 13.1. The van der Waals surface area contributed by atoms with Crippen LogP contribution in [0.4, 0.5) is 10.1 Å². The van der Waals surface area contributed by atoms with Crippen molar-refractivity contribution in [3.05, 3.63) is 65.6 Å². The molecule has 4 nitrogen and oxygen atoms in total. The lowest BCUT2D eigenvalue weighted by atomic mass is 10.2. The fraction of sp³-hybridized carbons (Fsp3) is 0. The molecule has 1 aromatic heterocycles. The number of nitrogens with zero attached hydrogens (tertiary/aromatic N) is 1. The first-order valence-electron chi connectivity index (χ1n) is 6.28. The number of sulfonamides is 1. The Morgan fingerprint density at radius 2 is 1.91 bits per heavy atom. The van der Waals surface area contributed by atoms with Gasteiger partial charge in [-0.25, -0.2) is 12.8 Å². The van der Waals surface area contributed by atoms with Crippen molar-refractivity contribution < 1.29 is 12.8 Å². The van der Waals surface area contributed by atoms with Crippen LogP contribution in [0.2, 0.25) is 5.02 Å². The van der Waals surface area contributed by atoms with E-state index in [1.807, 2.05) is 0 Å². The maximum Gasteiger partial charge on any atom is 0.261 e. The summed E-state index contributed by atoms with van der Waals surface area (Å²) in [5, 5.41) is 0.561. The fourth-order valence-electron chi connectivity index (χ4n) is 1.99. The SMILES string of the molecule is O=S(=O)(Nc1ccc(F)c(Cl)c1)c1ccc2ncccc2c1. The van der Waals surface area contributed by atoms with Crippen molar-refractivity contribution >= 4 is 38.2 Å². The smallest absolute Gasteiger partial charge is 0.261 e. The second kappa shape index (κ2) is 5.55. The van der Waals surface area contributed by atoms with Gasteiger partial charge in [0.05, 0.1) is 21.1 Å². The molecule has 0 aliphatic carbocycles.